The van der Waals surface area contributed by atoms with Crippen LogP contribution in [-0.2, 0) is 5.41 Å². The third-order valence-electron chi connectivity index (χ3n) is 16.3. The van der Waals surface area contributed by atoms with E-state index in [9.17, 15) is 0 Å². The van der Waals surface area contributed by atoms with E-state index in [2.05, 4.69) is 217 Å². The maximum atomic E-state index is 2.51. The summed E-state index contributed by atoms with van der Waals surface area (Å²) < 4.78 is 0. The predicted octanol–water partition coefficient (Wildman–Crippen LogP) is 18.6. The highest BCUT2D eigenvalue weighted by molar-refractivity contribution is 5.96. The van der Waals surface area contributed by atoms with Crippen LogP contribution in [0.15, 0.2) is 212 Å². The summed E-state index contributed by atoms with van der Waals surface area (Å²) in [5, 5.41) is 0. The molecule has 0 saturated heterocycles. The van der Waals surface area contributed by atoms with Crippen LogP contribution in [-0.4, -0.2) is 0 Å². The van der Waals surface area contributed by atoms with Crippen molar-refractivity contribution in [2.24, 2.45) is 0 Å². The van der Waals surface area contributed by atoms with Crippen molar-refractivity contribution >= 4 is 17.1 Å². The van der Waals surface area contributed by atoms with Gasteiger partial charge >= 0.3 is 0 Å². The van der Waals surface area contributed by atoms with Gasteiger partial charge in [0.25, 0.3) is 0 Å². The molecule has 0 N–H and O–H groups in total. The summed E-state index contributed by atoms with van der Waals surface area (Å²) in [6, 6.07) is 81.0. The van der Waals surface area contributed by atoms with Gasteiger partial charge in [0, 0.05) is 17.1 Å². The van der Waals surface area contributed by atoms with Crippen molar-refractivity contribution in [3.8, 4) is 55.6 Å². The minimum absolute atomic E-state index is 0.420. The standard InChI is InChI=1S/C67H57N/c1-3-15-46(16-4-1)48-27-29-50(30-28-48)51-35-39-54(40-36-51)68(55-41-37-53(38-42-55)58-20-8-7-19-57(58)52-33-31-49(32-34-52)47-17-5-2-6-18-47)56-43-44-62-61-23-11-14-26-65(61)67(66(62)45-56)63-24-12-9-21-59(63)60-22-10-13-25-64(60)67/h7-14,19-47H,1-6,15-18H2. The minimum atomic E-state index is -0.420. The highest BCUT2D eigenvalue weighted by Crippen LogP contribution is 2.63. The second kappa shape index (κ2) is 17.1. The SMILES string of the molecule is c1ccc(-c2ccc(N(c3ccc(-c4ccc(C5CCCCC5)cc4)cc3)c3ccc4c(c3)C3(c5ccccc5-c5ccccc53)c3ccccc3-4)cc2)c(-c2ccc(C3CCCCC3)cc2)c1. The number of hydrogen-bond donors (Lipinski definition) is 0. The zero-order chi connectivity index (χ0) is 45.0. The quantitative estimate of drug-likeness (QED) is 0.147. The second-order valence-electron chi connectivity index (χ2n) is 20.0. The maximum absolute atomic E-state index is 2.51. The Morgan fingerprint density at radius 1 is 0.279 bits per heavy atom. The third kappa shape index (κ3) is 6.81. The highest BCUT2D eigenvalue weighted by atomic mass is 15.1. The van der Waals surface area contributed by atoms with E-state index in [1.54, 1.807) is 0 Å². The molecular formula is C67H57N. The van der Waals surface area contributed by atoms with E-state index in [4.69, 9.17) is 0 Å². The largest absolute Gasteiger partial charge is 0.310 e. The van der Waals surface area contributed by atoms with Gasteiger partial charge in [0.15, 0.2) is 0 Å². The second-order valence-corrected chi connectivity index (χ2v) is 20.0. The molecule has 0 bridgehead atoms. The van der Waals surface area contributed by atoms with E-state index in [0.717, 1.165) is 17.1 Å². The molecule has 0 aromatic heterocycles. The van der Waals surface area contributed by atoms with Crippen molar-refractivity contribution in [2.75, 3.05) is 4.90 Å². The van der Waals surface area contributed by atoms with E-state index in [1.807, 2.05) is 0 Å². The summed E-state index contributed by atoms with van der Waals surface area (Å²) in [5.41, 5.74) is 24.2. The molecule has 2 saturated carbocycles. The Hall–Kier alpha value is -7.22. The lowest BCUT2D eigenvalue weighted by Gasteiger charge is -2.32. The molecule has 2 fully saturated rings. The van der Waals surface area contributed by atoms with Crippen LogP contribution in [0.2, 0.25) is 0 Å². The van der Waals surface area contributed by atoms with Crippen molar-refractivity contribution in [2.45, 2.75) is 81.5 Å². The topological polar surface area (TPSA) is 3.24 Å². The molecule has 0 heterocycles. The summed E-state index contributed by atoms with van der Waals surface area (Å²) in [7, 11) is 0. The van der Waals surface area contributed by atoms with E-state index >= 15 is 0 Å². The molecule has 68 heavy (non-hydrogen) atoms. The van der Waals surface area contributed by atoms with Gasteiger partial charge in [-0.1, -0.05) is 214 Å². The lowest BCUT2D eigenvalue weighted by Crippen LogP contribution is -2.26. The summed E-state index contributed by atoms with van der Waals surface area (Å²) in [5.74, 6) is 1.41. The summed E-state index contributed by atoms with van der Waals surface area (Å²) in [6.07, 6.45) is 13.5. The first kappa shape index (κ1) is 41.0. The molecule has 13 rings (SSSR count). The lowest BCUT2D eigenvalue weighted by atomic mass is 9.70. The Morgan fingerprint density at radius 2 is 0.618 bits per heavy atom. The Kier molecular flexibility index (Phi) is 10.3. The molecule has 0 amide bonds. The van der Waals surface area contributed by atoms with Crippen molar-refractivity contribution < 1.29 is 0 Å². The number of rotatable bonds is 8. The van der Waals surface area contributed by atoms with Gasteiger partial charge < -0.3 is 4.90 Å². The first-order chi connectivity index (χ1) is 33.7. The fourth-order valence-electron chi connectivity index (χ4n) is 13.0. The fraction of sp³-hybridized carbons (Fsp3) is 0.194. The molecule has 4 aliphatic rings. The van der Waals surface area contributed by atoms with Gasteiger partial charge in [-0.3, -0.25) is 0 Å². The zero-order valence-electron chi connectivity index (χ0n) is 38.9. The predicted molar refractivity (Wildman–Crippen MR) is 285 cm³/mol. The fourth-order valence-corrected chi connectivity index (χ4v) is 13.0. The molecule has 0 atom stereocenters. The van der Waals surface area contributed by atoms with Gasteiger partial charge in [-0.15, -0.1) is 0 Å². The lowest BCUT2D eigenvalue weighted by molar-refractivity contribution is 0.443. The number of hydrogen-bond acceptors (Lipinski definition) is 1. The highest BCUT2D eigenvalue weighted by Gasteiger charge is 2.51. The zero-order valence-corrected chi connectivity index (χ0v) is 38.9. The van der Waals surface area contributed by atoms with E-state index in [1.165, 1.54) is 153 Å². The summed E-state index contributed by atoms with van der Waals surface area (Å²) in [6.45, 7) is 0. The van der Waals surface area contributed by atoms with Crippen LogP contribution in [0.4, 0.5) is 17.1 Å². The van der Waals surface area contributed by atoms with Crippen LogP contribution in [0.3, 0.4) is 0 Å². The molecule has 9 aromatic carbocycles. The van der Waals surface area contributed by atoms with Gasteiger partial charge in [-0.05, 0) is 163 Å². The molecule has 9 aromatic rings. The van der Waals surface area contributed by atoms with E-state index < -0.39 is 5.41 Å². The summed E-state index contributed by atoms with van der Waals surface area (Å²) >= 11 is 0. The Morgan fingerprint density at radius 3 is 1.06 bits per heavy atom. The van der Waals surface area contributed by atoms with Crippen molar-refractivity contribution in [1.29, 1.82) is 0 Å². The van der Waals surface area contributed by atoms with Crippen LogP contribution >= 0.6 is 0 Å². The van der Waals surface area contributed by atoms with Gasteiger partial charge in [0.05, 0.1) is 5.41 Å². The van der Waals surface area contributed by atoms with Crippen LogP contribution < -0.4 is 4.90 Å². The molecule has 0 radical (unpaired) electrons. The smallest absolute Gasteiger partial charge is 0.0726 e. The number of anilines is 3. The number of benzene rings is 9. The van der Waals surface area contributed by atoms with Crippen LogP contribution in [0.25, 0.3) is 55.6 Å². The molecule has 330 valence electrons. The average Bonchev–Trinajstić information content (AvgIpc) is 3.89. The van der Waals surface area contributed by atoms with Gasteiger partial charge in [0.2, 0.25) is 0 Å². The number of fused-ring (bicyclic) bond motifs is 10. The van der Waals surface area contributed by atoms with Gasteiger partial charge in [0.1, 0.15) is 0 Å². The van der Waals surface area contributed by atoms with E-state index in [-0.39, 0.29) is 0 Å². The summed E-state index contributed by atoms with van der Waals surface area (Å²) in [4.78, 5) is 2.47. The average molecular weight is 876 g/mol. The monoisotopic (exact) mass is 875 g/mol. The van der Waals surface area contributed by atoms with Crippen molar-refractivity contribution in [3.05, 3.63) is 246 Å². The number of nitrogens with zero attached hydrogens (tertiary/aromatic N) is 1. The molecule has 4 aliphatic carbocycles. The van der Waals surface area contributed by atoms with Gasteiger partial charge in [-0.2, -0.15) is 0 Å². The van der Waals surface area contributed by atoms with E-state index in [0.29, 0.717) is 11.8 Å². The Bertz CT molecular complexity index is 3210. The molecule has 0 aliphatic heterocycles. The molecule has 1 heteroatoms. The van der Waals surface area contributed by atoms with Crippen molar-refractivity contribution in [1.82, 2.24) is 0 Å². The van der Waals surface area contributed by atoms with Gasteiger partial charge in [-0.25, -0.2) is 0 Å². The van der Waals surface area contributed by atoms with Crippen LogP contribution in [0.1, 0.15) is 109 Å². The first-order valence-electron chi connectivity index (χ1n) is 25.5. The Balaban J connectivity index is 0.914. The minimum Gasteiger partial charge on any atom is -0.310 e. The molecule has 0 unspecified atom stereocenters. The molecule has 1 nitrogen and oxygen atoms in total. The third-order valence-corrected chi connectivity index (χ3v) is 16.3. The van der Waals surface area contributed by atoms with Crippen molar-refractivity contribution in [3.63, 3.8) is 0 Å². The molecule has 1 spiro atoms. The first-order valence-corrected chi connectivity index (χ1v) is 25.5. The normalized spacial score (nSPS) is 15.9. The van der Waals surface area contributed by atoms with Crippen LogP contribution in [0, 0.1) is 0 Å². The van der Waals surface area contributed by atoms with Crippen LogP contribution in [0.5, 0.6) is 0 Å². The maximum Gasteiger partial charge on any atom is 0.0726 e. The Labute approximate surface area is 402 Å². The molecular weight excluding hydrogens is 819 g/mol.